The van der Waals surface area contributed by atoms with Crippen LogP contribution in [0.15, 0.2) is 47.4 Å². The van der Waals surface area contributed by atoms with Gasteiger partial charge in [-0.05, 0) is 44.0 Å². The Bertz CT molecular complexity index is 1180. The molecule has 2 amide bonds. The van der Waals surface area contributed by atoms with Crippen LogP contribution in [-0.2, 0) is 19.6 Å². The highest BCUT2D eigenvalue weighted by Gasteiger charge is 2.36. The van der Waals surface area contributed by atoms with Crippen LogP contribution in [0.5, 0.6) is 11.5 Å². The number of likely N-dealkylation sites (tertiary alicyclic amines) is 1. The minimum Gasteiger partial charge on any atom is -0.480 e. The summed E-state index contributed by atoms with van der Waals surface area (Å²) in [4.78, 5) is 37.5. The van der Waals surface area contributed by atoms with Crippen molar-refractivity contribution in [3.63, 3.8) is 0 Å². The summed E-state index contributed by atoms with van der Waals surface area (Å²) in [5.74, 6) is -2.38. The van der Waals surface area contributed by atoms with E-state index in [1.807, 2.05) is 0 Å². The van der Waals surface area contributed by atoms with Gasteiger partial charge in [-0.1, -0.05) is 18.2 Å². The molecule has 0 bridgehead atoms. The van der Waals surface area contributed by atoms with E-state index in [0.29, 0.717) is 18.6 Å². The molecule has 12 heteroatoms. The number of carbonyl (C=O) groups excluding carboxylic acids is 2. The summed E-state index contributed by atoms with van der Waals surface area (Å²) in [6, 6.07) is 8.48. The molecule has 2 atom stereocenters. The predicted molar refractivity (Wildman–Crippen MR) is 118 cm³/mol. The van der Waals surface area contributed by atoms with Gasteiger partial charge in [-0.25, -0.2) is 18.4 Å². The van der Waals surface area contributed by atoms with Crippen LogP contribution in [0.4, 0.5) is 5.69 Å². The van der Waals surface area contributed by atoms with Crippen LogP contribution in [0.2, 0.25) is 0 Å². The first-order chi connectivity index (χ1) is 15.5. The Hall–Kier alpha value is -3.64. The lowest BCUT2D eigenvalue weighted by Crippen LogP contribution is -2.50. The van der Waals surface area contributed by atoms with Crippen molar-refractivity contribution < 1.29 is 32.6 Å². The van der Waals surface area contributed by atoms with Crippen molar-refractivity contribution in [1.82, 2.24) is 10.2 Å². The standard InChI is InChI=1S/C21H24N4O7S/c1-12(20(27)25-9-5-8-16(25)21(28)29)24-19(26)13-10-15(22)18(17(11-13)33(23,30)31)32-14-6-3-2-4-7-14/h2-4,6-7,10-12,16H,5,8-9,22H2,1H3,(H,24,26)(H,28,29)(H2,23,30,31)/t12-,16-/m0/s1. The zero-order valence-electron chi connectivity index (χ0n) is 17.7. The van der Waals surface area contributed by atoms with Crippen LogP contribution in [0.3, 0.4) is 0 Å². The van der Waals surface area contributed by atoms with Gasteiger partial charge >= 0.3 is 5.97 Å². The molecule has 3 rings (SSSR count). The lowest BCUT2D eigenvalue weighted by molar-refractivity contribution is -0.148. The van der Waals surface area contributed by atoms with Crippen LogP contribution in [0.25, 0.3) is 0 Å². The fraction of sp³-hybridized carbons (Fsp3) is 0.286. The number of carboxylic acid groups (broad SMARTS) is 1. The zero-order valence-corrected chi connectivity index (χ0v) is 18.5. The van der Waals surface area contributed by atoms with Crippen molar-refractivity contribution in [2.45, 2.75) is 36.7 Å². The van der Waals surface area contributed by atoms with E-state index < -0.39 is 44.8 Å². The molecule has 0 saturated carbocycles. The van der Waals surface area contributed by atoms with E-state index in [4.69, 9.17) is 15.6 Å². The van der Waals surface area contributed by atoms with Gasteiger partial charge in [0.15, 0.2) is 5.75 Å². The third-order valence-electron chi connectivity index (χ3n) is 5.15. The Morgan fingerprint density at radius 1 is 1.21 bits per heavy atom. The van der Waals surface area contributed by atoms with Crippen molar-refractivity contribution in [2.75, 3.05) is 12.3 Å². The largest absolute Gasteiger partial charge is 0.480 e. The number of sulfonamides is 1. The molecule has 2 aromatic rings. The van der Waals surface area contributed by atoms with E-state index in [1.54, 1.807) is 30.3 Å². The number of aliphatic carboxylic acids is 1. The number of anilines is 1. The molecule has 1 fully saturated rings. The second-order valence-corrected chi connectivity index (χ2v) is 9.11. The van der Waals surface area contributed by atoms with Crippen LogP contribution in [-0.4, -0.2) is 54.8 Å². The summed E-state index contributed by atoms with van der Waals surface area (Å²) in [5.41, 5.74) is 5.67. The van der Waals surface area contributed by atoms with Crippen LogP contribution in [0, 0.1) is 0 Å². The molecule has 0 radical (unpaired) electrons. The number of benzene rings is 2. The molecule has 176 valence electrons. The van der Waals surface area contributed by atoms with Gasteiger partial charge in [0.05, 0.1) is 5.69 Å². The van der Waals surface area contributed by atoms with Crippen molar-refractivity contribution in [3.05, 3.63) is 48.0 Å². The van der Waals surface area contributed by atoms with Crippen LogP contribution in [0.1, 0.15) is 30.1 Å². The average Bonchev–Trinajstić information content (AvgIpc) is 3.24. The summed E-state index contributed by atoms with van der Waals surface area (Å²) >= 11 is 0. The molecule has 1 heterocycles. The third kappa shape index (κ3) is 5.41. The second kappa shape index (κ2) is 9.46. The summed E-state index contributed by atoms with van der Waals surface area (Å²) < 4.78 is 29.9. The Kier molecular flexibility index (Phi) is 6.89. The maximum atomic E-state index is 12.8. The zero-order chi connectivity index (χ0) is 24.3. The van der Waals surface area contributed by atoms with Gasteiger partial charge in [0.25, 0.3) is 5.91 Å². The van der Waals surface area contributed by atoms with Gasteiger partial charge in [-0.15, -0.1) is 0 Å². The summed E-state index contributed by atoms with van der Waals surface area (Å²) in [6.07, 6.45) is 0.874. The lowest BCUT2D eigenvalue weighted by Gasteiger charge is -2.25. The molecule has 1 aliphatic rings. The van der Waals surface area contributed by atoms with Gasteiger partial charge in [-0.2, -0.15) is 0 Å². The number of hydrogen-bond donors (Lipinski definition) is 4. The Balaban J connectivity index is 1.85. The number of nitrogens with two attached hydrogens (primary N) is 2. The van der Waals surface area contributed by atoms with Crippen molar-refractivity contribution in [2.24, 2.45) is 5.14 Å². The van der Waals surface area contributed by atoms with Crippen LogP contribution < -0.4 is 20.9 Å². The highest BCUT2D eigenvalue weighted by atomic mass is 32.2. The maximum Gasteiger partial charge on any atom is 0.326 e. The molecule has 1 aliphatic heterocycles. The Morgan fingerprint density at radius 2 is 1.88 bits per heavy atom. The SMILES string of the molecule is C[C@H](NC(=O)c1cc(N)c(Oc2ccccc2)c(S(N)(=O)=O)c1)C(=O)N1CCC[C@H]1C(=O)O. The van der Waals surface area contributed by atoms with E-state index in [2.05, 4.69) is 5.32 Å². The van der Waals surface area contributed by atoms with Gasteiger partial charge in [0.2, 0.25) is 15.9 Å². The number of para-hydroxylation sites is 1. The van der Waals surface area contributed by atoms with Gasteiger partial charge in [0, 0.05) is 12.1 Å². The molecule has 0 aliphatic carbocycles. The summed E-state index contributed by atoms with van der Waals surface area (Å²) in [7, 11) is -4.33. The third-order valence-corrected chi connectivity index (χ3v) is 6.07. The molecular formula is C21H24N4O7S. The first-order valence-electron chi connectivity index (χ1n) is 10.0. The minimum absolute atomic E-state index is 0.153. The summed E-state index contributed by atoms with van der Waals surface area (Å²) in [6.45, 7) is 1.68. The lowest BCUT2D eigenvalue weighted by atomic mass is 10.1. The number of ether oxygens (including phenoxy) is 1. The highest BCUT2D eigenvalue weighted by Crippen LogP contribution is 2.35. The average molecular weight is 477 g/mol. The smallest absolute Gasteiger partial charge is 0.326 e. The van der Waals surface area contributed by atoms with E-state index >= 15 is 0 Å². The predicted octanol–water partition coefficient (Wildman–Crippen LogP) is 0.902. The number of hydrogen-bond acceptors (Lipinski definition) is 7. The number of nitrogen functional groups attached to an aromatic ring is 1. The van der Waals surface area contributed by atoms with Crippen molar-refractivity contribution >= 4 is 33.5 Å². The second-order valence-electron chi connectivity index (χ2n) is 7.58. The number of amides is 2. The number of carboxylic acids is 1. The van der Waals surface area contributed by atoms with Gasteiger partial charge < -0.3 is 25.8 Å². The molecule has 2 aromatic carbocycles. The number of rotatable bonds is 7. The number of primary sulfonamides is 1. The molecule has 11 nitrogen and oxygen atoms in total. The van der Waals surface area contributed by atoms with Gasteiger partial charge in [-0.3, -0.25) is 9.59 Å². The Morgan fingerprint density at radius 3 is 2.48 bits per heavy atom. The van der Waals surface area contributed by atoms with Crippen molar-refractivity contribution in [1.29, 1.82) is 0 Å². The summed E-state index contributed by atoms with van der Waals surface area (Å²) in [5, 5.41) is 17.0. The maximum absolute atomic E-state index is 12.8. The molecule has 6 N–H and O–H groups in total. The molecule has 0 aromatic heterocycles. The van der Waals surface area contributed by atoms with E-state index in [1.165, 1.54) is 17.9 Å². The van der Waals surface area contributed by atoms with E-state index in [-0.39, 0.29) is 23.5 Å². The number of nitrogens with zero attached hydrogens (tertiary/aromatic N) is 1. The molecular weight excluding hydrogens is 452 g/mol. The molecule has 0 spiro atoms. The van der Waals surface area contributed by atoms with E-state index in [0.717, 1.165) is 6.07 Å². The molecule has 33 heavy (non-hydrogen) atoms. The fourth-order valence-electron chi connectivity index (χ4n) is 3.56. The van der Waals surface area contributed by atoms with E-state index in [9.17, 15) is 27.9 Å². The first kappa shape index (κ1) is 24.0. The number of carbonyl (C=O) groups is 3. The molecule has 0 unspecified atom stereocenters. The topological polar surface area (TPSA) is 182 Å². The quantitative estimate of drug-likeness (QED) is 0.425. The Labute approximate surface area is 190 Å². The van der Waals surface area contributed by atoms with Gasteiger partial charge in [0.1, 0.15) is 22.7 Å². The number of nitrogens with one attached hydrogen (secondary N) is 1. The highest BCUT2D eigenvalue weighted by molar-refractivity contribution is 7.89. The van der Waals surface area contributed by atoms with Crippen molar-refractivity contribution in [3.8, 4) is 11.5 Å². The monoisotopic (exact) mass is 476 g/mol. The minimum atomic E-state index is -4.33. The molecule has 1 saturated heterocycles. The fourth-order valence-corrected chi connectivity index (χ4v) is 4.27. The van der Waals surface area contributed by atoms with Crippen LogP contribution >= 0.6 is 0 Å². The first-order valence-corrected chi connectivity index (χ1v) is 11.6. The normalized spacial score (nSPS) is 16.8.